The molecule has 0 aromatic carbocycles. The average Bonchev–Trinajstić information content (AvgIpc) is 2.47. The fourth-order valence-electron chi connectivity index (χ4n) is 1.75. The molecule has 0 unspecified atom stereocenters. The van der Waals surface area contributed by atoms with Gasteiger partial charge in [-0.05, 0) is 5.92 Å². The van der Waals surface area contributed by atoms with Gasteiger partial charge < -0.3 is 9.64 Å². The fourth-order valence-corrected chi connectivity index (χ4v) is 1.92. The first kappa shape index (κ1) is 10.8. The summed E-state index contributed by atoms with van der Waals surface area (Å²) >= 11 is 5.48. The maximum Gasteiger partial charge on any atom is 0.237 e. The number of hydrogen-bond donors (Lipinski definition) is 0. The number of amides is 1. The standard InChI is InChI=1S/C9H16ClNO2/c1-7-4-11(9(12)3-10)5-8(7)6-13-2/h7-8H,3-6H2,1-2H3/t7-,8-/m1/s1. The zero-order valence-electron chi connectivity index (χ0n) is 8.12. The zero-order chi connectivity index (χ0) is 9.84. The first-order valence-electron chi connectivity index (χ1n) is 4.51. The molecular formula is C9H16ClNO2. The van der Waals surface area contributed by atoms with Gasteiger partial charge in [-0.2, -0.15) is 0 Å². The van der Waals surface area contributed by atoms with Crippen molar-refractivity contribution in [3.63, 3.8) is 0 Å². The molecule has 76 valence electrons. The molecule has 1 amide bonds. The second-order valence-corrected chi connectivity index (χ2v) is 3.89. The Labute approximate surface area is 84.0 Å². The van der Waals surface area contributed by atoms with Crippen molar-refractivity contribution in [2.24, 2.45) is 11.8 Å². The number of ether oxygens (including phenoxy) is 1. The van der Waals surface area contributed by atoms with Crippen LogP contribution in [0.2, 0.25) is 0 Å². The van der Waals surface area contributed by atoms with Crippen LogP contribution in [0.5, 0.6) is 0 Å². The molecule has 1 aliphatic heterocycles. The van der Waals surface area contributed by atoms with Gasteiger partial charge in [0.25, 0.3) is 0 Å². The number of carbonyl (C=O) groups is 1. The lowest BCUT2D eigenvalue weighted by Crippen LogP contribution is -2.30. The van der Waals surface area contributed by atoms with Gasteiger partial charge in [0.1, 0.15) is 5.88 Å². The Morgan fingerprint density at radius 1 is 1.62 bits per heavy atom. The van der Waals surface area contributed by atoms with Gasteiger partial charge in [-0.25, -0.2) is 0 Å². The number of methoxy groups -OCH3 is 1. The van der Waals surface area contributed by atoms with Crippen molar-refractivity contribution in [3.8, 4) is 0 Å². The summed E-state index contributed by atoms with van der Waals surface area (Å²) in [6.07, 6.45) is 0. The summed E-state index contributed by atoms with van der Waals surface area (Å²) in [7, 11) is 1.69. The monoisotopic (exact) mass is 205 g/mol. The van der Waals surface area contributed by atoms with Gasteiger partial charge in [0.15, 0.2) is 0 Å². The third-order valence-corrected chi connectivity index (χ3v) is 2.84. The molecule has 0 saturated carbocycles. The number of carbonyl (C=O) groups excluding carboxylic acids is 1. The van der Waals surface area contributed by atoms with Crippen molar-refractivity contribution in [2.45, 2.75) is 6.92 Å². The van der Waals surface area contributed by atoms with E-state index in [1.54, 1.807) is 7.11 Å². The largest absolute Gasteiger partial charge is 0.384 e. The number of alkyl halides is 1. The second-order valence-electron chi connectivity index (χ2n) is 3.63. The van der Waals surface area contributed by atoms with E-state index in [2.05, 4.69) is 6.92 Å². The highest BCUT2D eigenvalue weighted by atomic mass is 35.5. The minimum absolute atomic E-state index is 0.0344. The molecule has 1 fully saturated rings. The predicted octanol–water partition coefficient (Wildman–Crippen LogP) is 0.966. The van der Waals surface area contributed by atoms with E-state index >= 15 is 0 Å². The molecule has 0 aromatic heterocycles. The van der Waals surface area contributed by atoms with Gasteiger partial charge >= 0.3 is 0 Å². The number of likely N-dealkylation sites (tertiary alicyclic amines) is 1. The number of rotatable bonds is 3. The first-order valence-corrected chi connectivity index (χ1v) is 5.05. The minimum Gasteiger partial charge on any atom is -0.384 e. The third-order valence-electron chi connectivity index (χ3n) is 2.62. The lowest BCUT2D eigenvalue weighted by molar-refractivity contribution is -0.127. The Balaban J connectivity index is 2.44. The zero-order valence-corrected chi connectivity index (χ0v) is 8.88. The minimum atomic E-state index is 0.0344. The summed E-state index contributed by atoms with van der Waals surface area (Å²) in [4.78, 5) is 13.1. The molecule has 1 rings (SSSR count). The highest BCUT2D eigenvalue weighted by molar-refractivity contribution is 6.27. The van der Waals surface area contributed by atoms with E-state index in [4.69, 9.17) is 16.3 Å². The van der Waals surface area contributed by atoms with Crippen LogP contribution in [0, 0.1) is 11.8 Å². The summed E-state index contributed by atoms with van der Waals surface area (Å²) in [6, 6.07) is 0. The van der Waals surface area contributed by atoms with Gasteiger partial charge in [-0.3, -0.25) is 4.79 Å². The van der Waals surface area contributed by atoms with Crippen LogP contribution in [0.25, 0.3) is 0 Å². The molecule has 0 N–H and O–H groups in total. The highest BCUT2D eigenvalue weighted by Gasteiger charge is 2.31. The Bertz CT molecular complexity index is 186. The van der Waals surface area contributed by atoms with Crippen LogP contribution in [0.3, 0.4) is 0 Å². The van der Waals surface area contributed by atoms with E-state index in [1.807, 2.05) is 4.90 Å². The highest BCUT2D eigenvalue weighted by Crippen LogP contribution is 2.23. The molecule has 2 atom stereocenters. The van der Waals surface area contributed by atoms with Crippen LogP contribution in [-0.4, -0.2) is 43.5 Å². The van der Waals surface area contributed by atoms with Crippen LogP contribution in [0.15, 0.2) is 0 Å². The Hall–Kier alpha value is -0.280. The van der Waals surface area contributed by atoms with Gasteiger partial charge in [0.05, 0.1) is 6.61 Å². The molecule has 1 aliphatic rings. The number of nitrogens with zero attached hydrogens (tertiary/aromatic N) is 1. The molecule has 1 heterocycles. The normalized spacial score (nSPS) is 28.1. The van der Waals surface area contributed by atoms with Gasteiger partial charge in [0, 0.05) is 26.1 Å². The summed E-state index contributed by atoms with van der Waals surface area (Å²) in [5.74, 6) is 1.11. The van der Waals surface area contributed by atoms with Crippen LogP contribution in [0.4, 0.5) is 0 Å². The molecule has 13 heavy (non-hydrogen) atoms. The van der Waals surface area contributed by atoms with Crippen molar-refractivity contribution < 1.29 is 9.53 Å². The third kappa shape index (κ3) is 2.58. The molecular weight excluding hydrogens is 190 g/mol. The maximum absolute atomic E-state index is 11.3. The number of hydrogen-bond acceptors (Lipinski definition) is 2. The molecule has 0 aliphatic carbocycles. The van der Waals surface area contributed by atoms with Crippen molar-refractivity contribution in [3.05, 3.63) is 0 Å². The lowest BCUT2D eigenvalue weighted by atomic mass is 10.00. The van der Waals surface area contributed by atoms with Crippen LogP contribution >= 0.6 is 11.6 Å². The van der Waals surface area contributed by atoms with E-state index in [0.29, 0.717) is 11.8 Å². The Morgan fingerprint density at radius 2 is 2.31 bits per heavy atom. The molecule has 0 aromatic rings. The van der Waals surface area contributed by atoms with E-state index in [1.165, 1.54) is 0 Å². The van der Waals surface area contributed by atoms with E-state index in [0.717, 1.165) is 19.7 Å². The van der Waals surface area contributed by atoms with Crippen LogP contribution < -0.4 is 0 Å². The van der Waals surface area contributed by atoms with Crippen molar-refractivity contribution in [1.29, 1.82) is 0 Å². The maximum atomic E-state index is 11.3. The molecule has 0 bridgehead atoms. The topological polar surface area (TPSA) is 29.5 Å². The van der Waals surface area contributed by atoms with E-state index in [-0.39, 0.29) is 11.8 Å². The van der Waals surface area contributed by atoms with Crippen LogP contribution in [-0.2, 0) is 9.53 Å². The fraction of sp³-hybridized carbons (Fsp3) is 0.889. The SMILES string of the molecule is COC[C@H]1CN(C(=O)CCl)C[C@H]1C. The Kier molecular flexibility index (Phi) is 4.00. The molecule has 4 heteroatoms. The quantitative estimate of drug-likeness (QED) is 0.643. The van der Waals surface area contributed by atoms with Crippen molar-refractivity contribution in [1.82, 2.24) is 4.90 Å². The van der Waals surface area contributed by atoms with E-state index < -0.39 is 0 Å². The molecule has 3 nitrogen and oxygen atoms in total. The Morgan fingerprint density at radius 3 is 2.85 bits per heavy atom. The van der Waals surface area contributed by atoms with Gasteiger partial charge in [-0.15, -0.1) is 11.6 Å². The second kappa shape index (κ2) is 4.82. The summed E-state index contributed by atoms with van der Waals surface area (Å²) in [5.41, 5.74) is 0. The average molecular weight is 206 g/mol. The molecule has 0 spiro atoms. The van der Waals surface area contributed by atoms with E-state index in [9.17, 15) is 4.79 Å². The van der Waals surface area contributed by atoms with Gasteiger partial charge in [-0.1, -0.05) is 6.92 Å². The summed E-state index contributed by atoms with van der Waals surface area (Å²) in [6.45, 7) is 4.48. The summed E-state index contributed by atoms with van der Waals surface area (Å²) in [5, 5.41) is 0. The van der Waals surface area contributed by atoms with Crippen molar-refractivity contribution >= 4 is 17.5 Å². The summed E-state index contributed by atoms with van der Waals surface area (Å²) < 4.78 is 5.09. The van der Waals surface area contributed by atoms with Gasteiger partial charge in [0.2, 0.25) is 5.91 Å². The smallest absolute Gasteiger partial charge is 0.237 e. The predicted molar refractivity (Wildman–Crippen MR) is 51.8 cm³/mol. The lowest BCUT2D eigenvalue weighted by Gasteiger charge is -2.14. The molecule has 0 radical (unpaired) electrons. The molecule has 1 saturated heterocycles. The van der Waals surface area contributed by atoms with Crippen molar-refractivity contribution in [2.75, 3.05) is 32.7 Å². The number of halogens is 1. The first-order chi connectivity index (χ1) is 6.19. The van der Waals surface area contributed by atoms with Crippen LogP contribution in [0.1, 0.15) is 6.92 Å².